The van der Waals surface area contributed by atoms with Crippen molar-refractivity contribution < 1.29 is 17.1 Å². The van der Waals surface area contributed by atoms with Crippen molar-refractivity contribution in [3.8, 4) is 22.5 Å². The van der Waals surface area contributed by atoms with E-state index in [1.54, 1.807) is 11.3 Å². The molecule has 5 nitrogen and oxygen atoms in total. The van der Waals surface area contributed by atoms with Crippen LogP contribution in [0, 0.1) is 10.9 Å². The van der Waals surface area contributed by atoms with Gasteiger partial charge in [0, 0.05) is 67.8 Å². The number of ketones is 1. The summed E-state index contributed by atoms with van der Waals surface area (Å²) in [5.74, 6) is 0.339. The Morgan fingerprint density at radius 2 is 1.38 bits per heavy atom. The first-order valence-electron chi connectivity index (χ1n) is 17.5. The van der Waals surface area contributed by atoms with Crippen LogP contribution in [-0.4, -0.2) is 25.7 Å². The number of aromatic amines is 1. The fourth-order valence-electron chi connectivity index (χ4n) is 5.87. The van der Waals surface area contributed by atoms with Crippen LogP contribution in [0.2, 0.25) is 0 Å². The molecule has 0 aliphatic heterocycles. The molecule has 1 fully saturated rings. The van der Waals surface area contributed by atoms with Crippen molar-refractivity contribution in [2.45, 2.75) is 111 Å². The van der Waals surface area contributed by atoms with Crippen LogP contribution in [0.25, 0.3) is 32.6 Å². The van der Waals surface area contributed by atoms with Crippen molar-refractivity contribution in [3.63, 3.8) is 0 Å². The maximum absolute atomic E-state index is 10.4. The topological polar surface area (TPSA) is 71.5 Å². The number of aromatic nitrogens is 4. The number of hydrogen-bond acceptors (Lipinski definition) is 6. The molecule has 1 N–H and O–H groups in total. The molecule has 0 bridgehead atoms. The first-order valence-corrected chi connectivity index (χ1v) is 27.3. The van der Waals surface area contributed by atoms with Crippen molar-refractivity contribution in [1.29, 1.82) is 0 Å². The number of hydrogen-bond donors (Lipinski definition) is 1. The zero-order valence-electron chi connectivity index (χ0n) is 30.7. The van der Waals surface area contributed by atoms with Gasteiger partial charge in [0.25, 0.3) is 0 Å². The summed E-state index contributed by atoms with van der Waals surface area (Å²) in [6, 6.07) is 10.4. The summed E-state index contributed by atoms with van der Waals surface area (Å²) >= 11 is 4.15. The van der Waals surface area contributed by atoms with Crippen LogP contribution in [0.1, 0.15) is 109 Å². The van der Waals surface area contributed by atoms with Crippen LogP contribution < -0.4 is 0 Å². The number of thiophene rings is 1. The van der Waals surface area contributed by atoms with Gasteiger partial charge in [-0.1, -0.05) is 61.2 Å². The Hall–Kier alpha value is -1.81. The summed E-state index contributed by atoms with van der Waals surface area (Å²) in [7, 11) is 20.1. The predicted molar refractivity (Wildman–Crippen MR) is 230 cm³/mol. The second-order valence-corrected chi connectivity index (χ2v) is 31.9. The van der Waals surface area contributed by atoms with Gasteiger partial charge in [-0.3, -0.25) is 15.0 Å². The van der Waals surface area contributed by atoms with E-state index in [4.69, 9.17) is 49.4 Å². The van der Waals surface area contributed by atoms with Crippen LogP contribution in [0.4, 0.5) is 0 Å². The molecule has 0 spiro atoms. The van der Waals surface area contributed by atoms with Gasteiger partial charge in [0.2, 0.25) is 0 Å². The second-order valence-electron chi connectivity index (χ2n) is 14.9. The Bertz CT molecular complexity index is 2000. The Labute approximate surface area is 344 Å². The Balaban J connectivity index is 0.000000220. The van der Waals surface area contributed by atoms with Crippen LogP contribution in [0.15, 0.2) is 67.5 Å². The number of Topliss-reactive ketones (excluding diaryl/α,β-unsaturated/α-hetero) is 1. The SMILES string of the molecule is C.CC(C)(C)c1ccnc(-c2c[nH]ccc2=S)c1.CC(C)(C)c1ccnc(-c2cncc3c4c(sc23)CCCC4)c1.O=C1[CH+]CCCC1.[Cl][Ti]([Cl])([Cl])[Cl]. The number of nitrogens with zero attached hydrogens (tertiary/aromatic N) is 3. The number of pyridine rings is 4. The van der Waals surface area contributed by atoms with Gasteiger partial charge in [-0.15, -0.1) is 11.3 Å². The molecule has 0 saturated heterocycles. The molecule has 0 aromatic carbocycles. The number of carbonyl (C=O) groups excluding carboxylic acids is 1. The normalized spacial score (nSPS) is 14.1. The second kappa shape index (κ2) is 20.4. The van der Waals surface area contributed by atoms with Crippen LogP contribution in [0.5, 0.6) is 0 Å². The third kappa shape index (κ3) is 14.3. The zero-order valence-corrected chi connectivity index (χ0v) is 36.9. The summed E-state index contributed by atoms with van der Waals surface area (Å²) in [6.45, 7) is 13.3. The van der Waals surface area contributed by atoms with Gasteiger partial charge in [0.05, 0.1) is 24.2 Å². The molecule has 284 valence electrons. The molecule has 7 rings (SSSR count). The minimum atomic E-state index is -3.11. The predicted octanol–water partition coefficient (Wildman–Crippen LogP) is 14.4. The molecular formula is C41H51Cl4N4OS2Ti+. The van der Waals surface area contributed by atoms with E-state index in [2.05, 4.69) is 85.7 Å². The van der Waals surface area contributed by atoms with E-state index in [9.17, 15) is 4.79 Å². The minimum absolute atomic E-state index is 0. The Morgan fingerprint density at radius 3 is 1.89 bits per heavy atom. The van der Waals surface area contributed by atoms with Gasteiger partial charge in [0.1, 0.15) is 6.42 Å². The summed E-state index contributed by atoms with van der Waals surface area (Å²) < 4.78 is 2.19. The van der Waals surface area contributed by atoms with Crippen molar-refractivity contribution in [2.75, 3.05) is 0 Å². The standard InChI is InChI=1S/C20H22N2S.C14H16N2S.C6H9O.CH4.4ClH.Ti/c1-20(2,3)13-8-9-22-17(10-13)16-12-21-11-15-14-6-4-5-7-18(14)23-19(15)16;1-14(2,3)10-4-7-16-12(8-10)11-9-15-6-5-13(11)17;7-6-4-2-1-3-5-6;;;;;;/h8-12H,4-7H2,1-3H3;4-9H,1-3H3,(H,15,17);4H,1-3,5H2;1H4;4*1H;/q;;+1;;;;;;+4/p-4. The average Bonchev–Trinajstić information content (AvgIpc) is 3.47. The molecule has 0 radical (unpaired) electrons. The van der Waals surface area contributed by atoms with Crippen molar-refractivity contribution in [3.05, 3.63) is 100 Å². The third-order valence-corrected chi connectivity index (χ3v) is 10.4. The molecular weight excluding hydrogens is 818 g/mol. The number of nitrogens with one attached hydrogen (secondary N) is 1. The quantitative estimate of drug-likeness (QED) is 0.109. The number of fused-ring (bicyclic) bond motifs is 3. The number of aryl methyl sites for hydroxylation is 2. The molecule has 12 heteroatoms. The van der Waals surface area contributed by atoms with E-state index >= 15 is 0 Å². The van der Waals surface area contributed by atoms with E-state index < -0.39 is 12.3 Å². The van der Waals surface area contributed by atoms with E-state index in [1.807, 2.05) is 54.6 Å². The number of halogens is 4. The molecule has 1 saturated carbocycles. The third-order valence-electron chi connectivity index (χ3n) is 8.74. The summed E-state index contributed by atoms with van der Waals surface area (Å²) in [5.41, 5.74) is 8.53. The molecule has 2 aliphatic carbocycles. The molecule has 0 amide bonds. The molecule has 5 aromatic heterocycles. The van der Waals surface area contributed by atoms with E-state index in [1.165, 1.54) is 64.4 Å². The molecule has 2 aliphatic rings. The van der Waals surface area contributed by atoms with Crippen molar-refractivity contribution in [1.82, 2.24) is 19.9 Å². The van der Waals surface area contributed by atoms with Gasteiger partial charge in [-0.25, -0.2) is 4.79 Å². The summed E-state index contributed by atoms with van der Waals surface area (Å²) in [5, 5.41) is 1.35. The van der Waals surface area contributed by atoms with Crippen LogP contribution >= 0.6 is 60.8 Å². The number of carbonyl (C=O) groups is 1. The summed E-state index contributed by atoms with van der Waals surface area (Å²) in [4.78, 5) is 28.6. The van der Waals surface area contributed by atoms with E-state index in [-0.39, 0.29) is 18.3 Å². The number of H-pyrrole nitrogens is 1. The molecule has 5 aromatic rings. The van der Waals surface area contributed by atoms with Crippen molar-refractivity contribution >= 4 is 76.6 Å². The van der Waals surface area contributed by atoms with E-state index in [0.29, 0.717) is 5.78 Å². The van der Waals surface area contributed by atoms with Gasteiger partial charge in [-0.2, -0.15) is 0 Å². The fraction of sp³-hybridized carbons (Fsp3) is 0.415. The first-order chi connectivity index (χ1) is 24.4. The van der Waals surface area contributed by atoms with Gasteiger partial charge in [0.15, 0.2) is 0 Å². The monoisotopic (exact) mass is 867 g/mol. The van der Waals surface area contributed by atoms with Crippen LogP contribution in [0.3, 0.4) is 0 Å². The maximum atomic E-state index is 10.4. The molecule has 0 unspecified atom stereocenters. The number of rotatable bonds is 2. The fourth-order valence-corrected chi connectivity index (χ4v) is 7.48. The molecule has 0 atom stereocenters. The van der Waals surface area contributed by atoms with Gasteiger partial charge < -0.3 is 4.98 Å². The Kier molecular flexibility index (Phi) is 17.5. The van der Waals surface area contributed by atoms with Crippen LogP contribution in [-0.2, 0) is 40.8 Å². The van der Waals surface area contributed by atoms with Crippen molar-refractivity contribution in [2.24, 2.45) is 0 Å². The molecule has 5 heterocycles. The van der Waals surface area contributed by atoms with E-state index in [0.717, 1.165) is 40.7 Å². The Morgan fingerprint density at radius 1 is 0.811 bits per heavy atom. The van der Waals surface area contributed by atoms with Gasteiger partial charge in [-0.05, 0) is 96.4 Å². The van der Waals surface area contributed by atoms with Gasteiger partial charge >= 0.3 is 55.3 Å². The average molecular weight is 870 g/mol. The summed E-state index contributed by atoms with van der Waals surface area (Å²) in [6.07, 6.45) is 22.5. The molecule has 53 heavy (non-hydrogen) atoms. The first kappa shape index (κ1) is 45.6. The zero-order chi connectivity index (χ0) is 38.1.